The van der Waals surface area contributed by atoms with Crippen molar-refractivity contribution in [2.45, 2.75) is 276 Å². The molecule has 0 fully saturated rings. The normalized spacial score (nSPS) is 13.0. The third-order valence-electron chi connectivity index (χ3n) is 11.9. The molecule has 0 aliphatic rings. The summed E-state index contributed by atoms with van der Waals surface area (Å²) in [6.45, 7) is 4.85. The van der Waals surface area contributed by atoms with E-state index in [-0.39, 0.29) is 18.5 Å². The summed E-state index contributed by atoms with van der Waals surface area (Å²) >= 11 is 0. The van der Waals surface area contributed by atoms with Crippen LogP contribution in [0, 0.1) is 0 Å². The highest BCUT2D eigenvalue weighted by Gasteiger charge is 2.20. The van der Waals surface area contributed by atoms with Gasteiger partial charge in [-0.25, -0.2) is 0 Å². The molecule has 0 rings (SSSR count). The molecule has 2 unspecified atom stereocenters. The minimum atomic E-state index is -0.670. The van der Waals surface area contributed by atoms with Crippen LogP contribution in [0.2, 0.25) is 0 Å². The molecule has 6 heteroatoms. The van der Waals surface area contributed by atoms with E-state index in [2.05, 4.69) is 67.8 Å². The summed E-state index contributed by atoms with van der Waals surface area (Å²) < 4.78 is 5.44. The van der Waals surface area contributed by atoms with Crippen molar-refractivity contribution in [1.29, 1.82) is 0 Å². The number of carbonyl (C=O) groups excluding carboxylic acids is 2. The Morgan fingerprint density at radius 1 is 0.475 bits per heavy atom. The highest BCUT2D eigenvalue weighted by Crippen LogP contribution is 2.15. The lowest BCUT2D eigenvalue weighted by atomic mass is 10.0. The average molecular weight is 856 g/mol. The van der Waals surface area contributed by atoms with E-state index in [1.165, 1.54) is 148 Å². The molecule has 0 aliphatic carbocycles. The van der Waals surface area contributed by atoms with E-state index in [0.29, 0.717) is 25.9 Å². The molecule has 3 N–H and O–H groups in total. The van der Waals surface area contributed by atoms with Crippen LogP contribution in [0.1, 0.15) is 264 Å². The lowest BCUT2D eigenvalue weighted by Gasteiger charge is -2.22. The first-order valence-corrected chi connectivity index (χ1v) is 26.4. The molecule has 0 heterocycles. The number of ether oxygens (including phenoxy) is 1. The van der Waals surface area contributed by atoms with Gasteiger partial charge in [-0.15, -0.1) is 0 Å². The second-order valence-electron chi connectivity index (χ2n) is 17.9. The molecule has 0 bridgehead atoms. The zero-order valence-electron chi connectivity index (χ0n) is 40.4. The van der Waals surface area contributed by atoms with Crippen LogP contribution >= 0.6 is 0 Å². The fraction of sp³-hybridized carbons (Fsp3) is 0.818. The van der Waals surface area contributed by atoms with Crippen molar-refractivity contribution in [3.05, 3.63) is 48.6 Å². The Labute approximate surface area is 378 Å². The molecule has 0 aromatic rings. The maximum absolute atomic E-state index is 12.4. The Hall–Kier alpha value is -2.18. The molecule has 61 heavy (non-hydrogen) atoms. The number of amides is 1. The molecule has 0 aromatic heterocycles. The predicted octanol–water partition coefficient (Wildman–Crippen LogP) is 15.8. The fourth-order valence-corrected chi connectivity index (χ4v) is 7.78. The van der Waals surface area contributed by atoms with Crippen LogP contribution in [0.5, 0.6) is 0 Å². The molecule has 1 amide bonds. The van der Waals surface area contributed by atoms with Crippen molar-refractivity contribution in [1.82, 2.24) is 5.32 Å². The van der Waals surface area contributed by atoms with E-state index in [0.717, 1.165) is 83.5 Å². The standard InChI is InChI=1S/C55H101NO5/c1-3-5-7-9-11-13-15-16-22-26-29-33-37-41-45-49-55(60)61-50-46-42-38-34-30-27-24-21-19-17-18-20-23-25-28-32-36-40-44-48-54(59)56-52(51-57)53(58)47-43-39-35-31-14-12-10-8-6-4-2/h11,13,16,21-22,24,27,30,52-53,57-58H,3-10,12,14-15,17-20,23,25-26,28-29,31-51H2,1-2H3,(H,56,59)/b13-11-,22-16-,24-21-,30-27-. The predicted molar refractivity (Wildman–Crippen MR) is 264 cm³/mol. The van der Waals surface area contributed by atoms with Gasteiger partial charge < -0.3 is 20.3 Å². The Balaban J connectivity index is 3.48. The van der Waals surface area contributed by atoms with Crippen molar-refractivity contribution in [2.75, 3.05) is 13.2 Å². The third kappa shape index (κ3) is 47.1. The molecule has 0 spiro atoms. The fourth-order valence-electron chi connectivity index (χ4n) is 7.78. The van der Waals surface area contributed by atoms with Crippen LogP contribution in [0.3, 0.4) is 0 Å². The van der Waals surface area contributed by atoms with Gasteiger partial charge in [-0.2, -0.15) is 0 Å². The summed E-state index contributed by atoms with van der Waals surface area (Å²) in [6, 6.07) is -0.548. The summed E-state index contributed by atoms with van der Waals surface area (Å²) in [4.78, 5) is 24.4. The van der Waals surface area contributed by atoms with Gasteiger partial charge >= 0.3 is 5.97 Å². The third-order valence-corrected chi connectivity index (χ3v) is 11.9. The number of hydrogen-bond acceptors (Lipinski definition) is 5. The van der Waals surface area contributed by atoms with Gasteiger partial charge in [0.2, 0.25) is 5.91 Å². The number of esters is 1. The molecule has 6 nitrogen and oxygen atoms in total. The Bertz CT molecular complexity index is 1040. The minimum absolute atomic E-state index is 0.0283. The topological polar surface area (TPSA) is 95.9 Å². The van der Waals surface area contributed by atoms with Gasteiger partial charge in [0.25, 0.3) is 0 Å². The summed E-state index contributed by atoms with van der Waals surface area (Å²) in [5.41, 5.74) is 0. The van der Waals surface area contributed by atoms with Gasteiger partial charge in [-0.3, -0.25) is 9.59 Å². The average Bonchev–Trinajstić information content (AvgIpc) is 3.26. The van der Waals surface area contributed by atoms with E-state index < -0.39 is 12.1 Å². The van der Waals surface area contributed by atoms with E-state index in [9.17, 15) is 19.8 Å². The van der Waals surface area contributed by atoms with Gasteiger partial charge in [0, 0.05) is 12.8 Å². The number of aliphatic hydroxyl groups is 2. The monoisotopic (exact) mass is 856 g/mol. The van der Waals surface area contributed by atoms with E-state index >= 15 is 0 Å². The van der Waals surface area contributed by atoms with Crippen LogP contribution in [-0.4, -0.2) is 47.4 Å². The van der Waals surface area contributed by atoms with Gasteiger partial charge in [-0.05, 0) is 89.9 Å². The number of aliphatic hydroxyl groups excluding tert-OH is 2. The first-order valence-electron chi connectivity index (χ1n) is 26.4. The maximum atomic E-state index is 12.4. The van der Waals surface area contributed by atoms with Crippen LogP contribution in [0.15, 0.2) is 48.6 Å². The molecular weight excluding hydrogens is 755 g/mol. The molecule has 0 aliphatic heterocycles. The quantitative estimate of drug-likeness (QED) is 0.0245. The van der Waals surface area contributed by atoms with Crippen molar-refractivity contribution < 1.29 is 24.5 Å². The molecule has 0 radical (unpaired) electrons. The second-order valence-corrected chi connectivity index (χ2v) is 17.9. The van der Waals surface area contributed by atoms with Gasteiger partial charge in [0.15, 0.2) is 0 Å². The number of nitrogens with one attached hydrogen (secondary N) is 1. The maximum Gasteiger partial charge on any atom is 0.305 e. The van der Waals surface area contributed by atoms with E-state index in [1.54, 1.807) is 0 Å². The second kappa shape index (κ2) is 50.5. The first kappa shape index (κ1) is 58.8. The number of unbranched alkanes of at least 4 members (excludes halogenated alkanes) is 30. The Morgan fingerprint density at radius 3 is 1.38 bits per heavy atom. The van der Waals surface area contributed by atoms with Crippen molar-refractivity contribution in [3.63, 3.8) is 0 Å². The highest BCUT2D eigenvalue weighted by atomic mass is 16.5. The zero-order chi connectivity index (χ0) is 44.4. The van der Waals surface area contributed by atoms with E-state index in [1.807, 2.05) is 0 Å². The van der Waals surface area contributed by atoms with Gasteiger partial charge in [-0.1, -0.05) is 210 Å². The van der Waals surface area contributed by atoms with E-state index in [4.69, 9.17) is 4.74 Å². The van der Waals surface area contributed by atoms with Crippen molar-refractivity contribution in [3.8, 4) is 0 Å². The molecule has 0 aromatic carbocycles. The summed E-state index contributed by atoms with van der Waals surface area (Å²) in [5, 5.41) is 23.1. The zero-order valence-corrected chi connectivity index (χ0v) is 40.4. The molecular formula is C55H101NO5. The van der Waals surface area contributed by atoms with Crippen LogP contribution in [0.4, 0.5) is 0 Å². The minimum Gasteiger partial charge on any atom is -0.466 e. The summed E-state index contributed by atoms with van der Waals surface area (Å²) in [5.74, 6) is -0.0765. The van der Waals surface area contributed by atoms with Crippen molar-refractivity contribution in [2.24, 2.45) is 0 Å². The Morgan fingerprint density at radius 2 is 0.869 bits per heavy atom. The summed E-state index contributed by atoms with van der Waals surface area (Å²) in [7, 11) is 0. The van der Waals surface area contributed by atoms with Crippen LogP contribution in [-0.2, 0) is 14.3 Å². The van der Waals surface area contributed by atoms with Gasteiger partial charge in [0.05, 0.1) is 25.4 Å². The molecule has 0 saturated heterocycles. The number of carbonyl (C=O) groups is 2. The molecule has 2 atom stereocenters. The first-order chi connectivity index (χ1) is 30.0. The smallest absolute Gasteiger partial charge is 0.305 e. The molecule has 0 saturated carbocycles. The summed E-state index contributed by atoms with van der Waals surface area (Å²) in [6.07, 6.45) is 62.3. The Kier molecular flexibility index (Phi) is 48.7. The lowest BCUT2D eigenvalue weighted by molar-refractivity contribution is -0.143. The largest absolute Gasteiger partial charge is 0.466 e. The number of hydrogen-bond donors (Lipinski definition) is 3. The molecule has 356 valence electrons. The number of allylic oxidation sites excluding steroid dienone is 8. The van der Waals surface area contributed by atoms with Crippen LogP contribution < -0.4 is 5.32 Å². The number of rotatable bonds is 48. The highest BCUT2D eigenvalue weighted by molar-refractivity contribution is 5.76. The van der Waals surface area contributed by atoms with Crippen LogP contribution in [0.25, 0.3) is 0 Å². The lowest BCUT2D eigenvalue weighted by Crippen LogP contribution is -2.45. The van der Waals surface area contributed by atoms with Crippen molar-refractivity contribution >= 4 is 11.9 Å². The SMILES string of the molecule is CCCCC/C=C\C/C=C\CCCCCCCC(=O)OCCCCC/C=C\C=C/CCCCCCCCCCCCC(=O)NC(CO)C(O)CCCCCCCCCCCC. The van der Waals surface area contributed by atoms with Gasteiger partial charge in [0.1, 0.15) is 0 Å².